The van der Waals surface area contributed by atoms with Crippen molar-refractivity contribution in [1.82, 2.24) is 24.9 Å². The summed E-state index contributed by atoms with van der Waals surface area (Å²) in [4.78, 5) is 18.3. The fraction of sp³-hybridized carbons (Fsp3) is 0.789. The van der Waals surface area contributed by atoms with Crippen LogP contribution in [-0.4, -0.2) is 70.8 Å². The summed E-state index contributed by atoms with van der Waals surface area (Å²) < 4.78 is 1.84. The van der Waals surface area contributed by atoms with Crippen LogP contribution in [0, 0.1) is 5.92 Å². The number of amides is 1. The zero-order chi connectivity index (χ0) is 17.4. The molecule has 1 amide bonds. The molecule has 0 bridgehead atoms. The highest BCUT2D eigenvalue weighted by Crippen LogP contribution is 2.39. The van der Waals surface area contributed by atoms with Crippen molar-refractivity contribution in [1.29, 1.82) is 0 Å². The lowest BCUT2D eigenvalue weighted by molar-refractivity contribution is -0.148. The molecule has 3 fully saturated rings. The first-order valence-electron chi connectivity index (χ1n) is 9.78. The molecule has 6 nitrogen and oxygen atoms in total. The lowest BCUT2D eigenvalue weighted by Gasteiger charge is -2.53. The van der Waals surface area contributed by atoms with E-state index < -0.39 is 0 Å². The molecule has 2 atom stereocenters. The quantitative estimate of drug-likeness (QED) is 0.875. The number of hydrogen-bond acceptors (Lipinski definition) is 4. The standard InChI is InChI=1S/C19H31N5O/c1-22-8-9-24(19(14-22)6-4-3-5-7-19)18(25)17-12-20-11-16(17)15-10-21-23(2)13-15/h10,13,16-17,20H,3-9,11-12,14H2,1-2H3/t16-,17+/m1/s1. The number of likely N-dealkylation sites (N-methyl/N-ethyl adjacent to an activating group) is 1. The molecule has 1 aromatic heterocycles. The molecule has 25 heavy (non-hydrogen) atoms. The molecule has 1 aliphatic carbocycles. The third kappa shape index (κ3) is 3.10. The van der Waals surface area contributed by atoms with E-state index in [1.165, 1.54) is 37.7 Å². The van der Waals surface area contributed by atoms with E-state index in [2.05, 4.69) is 33.5 Å². The third-order valence-electron chi connectivity index (χ3n) is 6.58. The van der Waals surface area contributed by atoms with Crippen molar-refractivity contribution >= 4 is 5.91 Å². The van der Waals surface area contributed by atoms with Crippen molar-refractivity contribution in [2.45, 2.75) is 43.6 Å². The molecule has 1 N–H and O–H groups in total. The van der Waals surface area contributed by atoms with Crippen LogP contribution in [0.5, 0.6) is 0 Å². The maximum absolute atomic E-state index is 13.6. The highest BCUT2D eigenvalue weighted by atomic mass is 16.2. The van der Waals surface area contributed by atoms with Crippen molar-refractivity contribution in [2.75, 3.05) is 39.8 Å². The first kappa shape index (κ1) is 17.0. The van der Waals surface area contributed by atoms with E-state index in [9.17, 15) is 4.79 Å². The van der Waals surface area contributed by atoms with Gasteiger partial charge in [0.25, 0.3) is 0 Å². The van der Waals surface area contributed by atoms with Crippen molar-refractivity contribution in [3.63, 3.8) is 0 Å². The van der Waals surface area contributed by atoms with Crippen LogP contribution >= 0.6 is 0 Å². The molecule has 1 saturated carbocycles. The van der Waals surface area contributed by atoms with Crippen molar-refractivity contribution in [3.8, 4) is 0 Å². The van der Waals surface area contributed by atoms with Gasteiger partial charge in [0.15, 0.2) is 0 Å². The topological polar surface area (TPSA) is 53.4 Å². The minimum Gasteiger partial charge on any atom is -0.334 e. The number of piperazine rings is 1. The Morgan fingerprint density at radius 3 is 2.72 bits per heavy atom. The number of aryl methyl sites for hydroxylation is 1. The highest BCUT2D eigenvalue weighted by Gasteiger charge is 2.47. The van der Waals surface area contributed by atoms with Gasteiger partial charge in [-0.05, 0) is 25.5 Å². The van der Waals surface area contributed by atoms with Crippen molar-refractivity contribution < 1.29 is 4.79 Å². The molecule has 3 heterocycles. The van der Waals surface area contributed by atoms with Gasteiger partial charge in [-0.2, -0.15) is 5.10 Å². The van der Waals surface area contributed by atoms with E-state index in [0.29, 0.717) is 5.91 Å². The number of nitrogens with one attached hydrogen (secondary N) is 1. The normalized spacial score (nSPS) is 30.1. The van der Waals surface area contributed by atoms with Gasteiger partial charge in [-0.15, -0.1) is 0 Å². The van der Waals surface area contributed by atoms with Crippen molar-refractivity contribution in [3.05, 3.63) is 18.0 Å². The molecule has 0 radical (unpaired) electrons. The second kappa shape index (κ2) is 6.72. The van der Waals surface area contributed by atoms with Gasteiger partial charge in [0.2, 0.25) is 5.91 Å². The Morgan fingerprint density at radius 2 is 2.00 bits per heavy atom. The Bertz CT molecular complexity index is 621. The number of nitrogens with zero attached hydrogens (tertiary/aromatic N) is 4. The first-order valence-corrected chi connectivity index (χ1v) is 9.78. The van der Waals surface area contributed by atoms with Gasteiger partial charge in [0.05, 0.1) is 17.7 Å². The maximum Gasteiger partial charge on any atom is 0.228 e. The molecule has 2 saturated heterocycles. The molecule has 4 rings (SSSR count). The molecular formula is C19H31N5O. The SMILES string of the molecule is CN1CCN(C(=O)[C@H]2CNC[C@@H]2c2cnn(C)c2)C2(CCCCC2)C1. The van der Waals surface area contributed by atoms with Crippen LogP contribution in [0.2, 0.25) is 0 Å². The van der Waals surface area contributed by atoms with E-state index in [1.54, 1.807) is 0 Å². The second-order valence-corrected chi connectivity index (χ2v) is 8.33. The van der Waals surface area contributed by atoms with E-state index in [1.807, 2.05) is 17.9 Å². The Kier molecular flexibility index (Phi) is 4.58. The van der Waals surface area contributed by atoms with Crippen molar-refractivity contribution in [2.24, 2.45) is 13.0 Å². The summed E-state index contributed by atoms with van der Waals surface area (Å²) in [6.45, 7) is 4.58. The Labute approximate surface area is 150 Å². The number of rotatable bonds is 2. The number of carbonyl (C=O) groups excluding carboxylic acids is 1. The predicted molar refractivity (Wildman–Crippen MR) is 97.3 cm³/mol. The molecule has 1 aromatic rings. The molecule has 0 unspecified atom stereocenters. The maximum atomic E-state index is 13.6. The summed E-state index contributed by atoms with van der Waals surface area (Å²) >= 11 is 0. The molecule has 2 aliphatic heterocycles. The van der Waals surface area contributed by atoms with Gasteiger partial charge >= 0.3 is 0 Å². The van der Waals surface area contributed by atoms with Gasteiger partial charge < -0.3 is 15.1 Å². The van der Waals surface area contributed by atoms with Crippen LogP contribution in [0.1, 0.15) is 43.6 Å². The molecule has 3 aliphatic rings. The summed E-state index contributed by atoms with van der Waals surface area (Å²) in [6, 6.07) is 0. The first-order chi connectivity index (χ1) is 12.1. The molecule has 138 valence electrons. The molecular weight excluding hydrogens is 314 g/mol. The summed E-state index contributed by atoms with van der Waals surface area (Å²) in [5, 5.41) is 7.77. The predicted octanol–water partition coefficient (Wildman–Crippen LogP) is 1.20. The summed E-state index contributed by atoms with van der Waals surface area (Å²) in [7, 11) is 4.15. The van der Waals surface area contributed by atoms with Crippen LogP contribution < -0.4 is 5.32 Å². The van der Waals surface area contributed by atoms with Crippen LogP contribution in [0.4, 0.5) is 0 Å². The largest absolute Gasteiger partial charge is 0.334 e. The minimum atomic E-state index is 0.0476. The highest BCUT2D eigenvalue weighted by molar-refractivity contribution is 5.81. The molecule has 6 heteroatoms. The number of hydrogen-bond donors (Lipinski definition) is 1. The second-order valence-electron chi connectivity index (χ2n) is 8.33. The van der Waals surface area contributed by atoms with Gasteiger partial charge in [0.1, 0.15) is 0 Å². The van der Waals surface area contributed by atoms with Crippen LogP contribution in [0.15, 0.2) is 12.4 Å². The van der Waals surface area contributed by atoms with E-state index in [4.69, 9.17) is 0 Å². The van der Waals surface area contributed by atoms with Gasteiger partial charge in [-0.25, -0.2) is 0 Å². The minimum absolute atomic E-state index is 0.0476. The number of carbonyl (C=O) groups is 1. The Morgan fingerprint density at radius 1 is 1.20 bits per heavy atom. The average Bonchev–Trinajstić information content (AvgIpc) is 3.23. The Hall–Kier alpha value is -1.40. The monoisotopic (exact) mass is 345 g/mol. The zero-order valence-corrected chi connectivity index (χ0v) is 15.6. The fourth-order valence-electron chi connectivity index (χ4n) is 5.28. The van der Waals surface area contributed by atoms with Crippen LogP contribution in [-0.2, 0) is 11.8 Å². The van der Waals surface area contributed by atoms with E-state index >= 15 is 0 Å². The zero-order valence-electron chi connectivity index (χ0n) is 15.6. The average molecular weight is 345 g/mol. The number of aromatic nitrogens is 2. The third-order valence-corrected chi connectivity index (χ3v) is 6.58. The Balaban J connectivity index is 1.57. The molecule has 0 aromatic carbocycles. The fourth-order valence-corrected chi connectivity index (χ4v) is 5.28. The smallest absolute Gasteiger partial charge is 0.228 e. The summed E-state index contributed by atoms with van der Waals surface area (Å²) in [6.07, 6.45) is 10.2. The lowest BCUT2D eigenvalue weighted by Crippen LogP contribution is -2.65. The van der Waals surface area contributed by atoms with Gasteiger partial charge in [0, 0.05) is 51.9 Å². The lowest BCUT2D eigenvalue weighted by atomic mass is 9.77. The van der Waals surface area contributed by atoms with Crippen LogP contribution in [0.25, 0.3) is 0 Å². The summed E-state index contributed by atoms with van der Waals surface area (Å²) in [5.41, 5.74) is 1.27. The molecule has 1 spiro atoms. The van der Waals surface area contributed by atoms with E-state index in [-0.39, 0.29) is 17.4 Å². The van der Waals surface area contributed by atoms with E-state index in [0.717, 1.165) is 32.7 Å². The van der Waals surface area contributed by atoms with Gasteiger partial charge in [-0.1, -0.05) is 19.3 Å². The summed E-state index contributed by atoms with van der Waals surface area (Å²) in [5.74, 6) is 0.668. The van der Waals surface area contributed by atoms with Crippen LogP contribution in [0.3, 0.4) is 0 Å². The van der Waals surface area contributed by atoms with Gasteiger partial charge in [-0.3, -0.25) is 9.48 Å².